The number of rotatable bonds is 3. The van der Waals surface area contributed by atoms with Crippen LogP contribution in [0.5, 0.6) is 0 Å². The van der Waals surface area contributed by atoms with Crippen molar-refractivity contribution in [3.05, 3.63) is 34.6 Å². The molecule has 1 aliphatic carbocycles. The van der Waals surface area contributed by atoms with Crippen LogP contribution in [0.1, 0.15) is 38.7 Å². The second kappa shape index (κ2) is 6.23. The van der Waals surface area contributed by atoms with Crippen molar-refractivity contribution in [2.45, 2.75) is 45.6 Å². The lowest BCUT2D eigenvalue weighted by Crippen LogP contribution is -2.31. The highest BCUT2D eigenvalue weighted by molar-refractivity contribution is 6.30. The smallest absolute Gasteiger partial charge is 0.145 e. The molecular formula is C16H22ClFO. The molecule has 4 unspecified atom stereocenters. The molecule has 1 nitrogen and oxygen atoms in total. The van der Waals surface area contributed by atoms with Gasteiger partial charge in [-0.05, 0) is 42.2 Å². The maximum Gasteiger partial charge on any atom is 0.145 e. The van der Waals surface area contributed by atoms with Gasteiger partial charge in [0.05, 0.1) is 11.1 Å². The zero-order valence-electron chi connectivity index (χ0n) is 11.6. The van der Waals surface area contributed by atoms with E-state index in [-0.39, 0.29) is 16.8 Å². The first-order valence-electron chi connectivity index (χ1n) is 7.10. The van der Waals surface area contributed by atoms with Crippen LogP contribution < -0.4 is 0 Å². The normalized spacial score (nSPS) is 29.2. The van der Waals surface area contributed by atoms with Crippen LogP contribution in [0, 0.1) is 23.6 Å². The van der Waals surface area contributed by atoms with E-state index in [0.717, 1.165) is 25.2 Å². The lowest BCUT2D eigenvalue weighted by Gasteiger charge is -2.34. The molecule has 1 saturated carbocycles. The quantitative estimate of drug-likeness (QED) is 0.869. The Labute approximate surface area is 119 Å². The van der Waals surface area contributed by atoms with Crippen LogP contribution >= 0.6 is 11.6 Å². The molecule has 1 N–H and O–H groups in total. The topological polar surface area (TPSA) is 20.2 Å². The molecule has 1 fully saturated rings. The van der Waals surface area contributed by atoms with Gasteiger partial charge in [0.1, 0.15) is 5.82 Å². The molecule has 1 aliphatic rings. The van der Waals surface area contributed by atoms with Crippen LogP contribution in [-0.4, -0.2) is 11.2 Å². The molecule has 0 aliphatic heterocycles. The van der Waals surface area contributed by atoms with Crippen molar-refractivity contribution < 1.29 is 9.50 Å². The van der Waals surface area contributed by atoms with E-state index in [1.165, 1.54) is 6.07 Å². The van der Waals surface area contributed by atoms with E-state index in [1.54, 1.807) is 12.1 Å². The first kappa shape index (κ1) is 14.8. The molecule has 0 radical (unpaired) electrons. The lowest BCUT2D eigenvalue weighted by atomic mass is 9.73. The average Bonchev–Trinajstić information content (AvgIpc) is 2.38. The fourth-order valence-corrected chi connectivity index (χ4v) is 3.23. The van der Waals surface area contributed by atoms with Gasteiger partial charge in [0.25, 0.3) is 0 Å². The number of aliphatic hydroxyl groups is 1. The highest BCUT2D eigenvalue weighted by Crippen LogP contribution is 2.36. The third-order valence-electron chi connectivity index (χ3n) is 4.64. The molecule has 1 aromatic carbocycles. The summed E-state index contributed by atoms with van der Waals surface area (Å²) in [4.78, 5) is 0. The molecule has 0 saturated heterocycles. The van der Waals surface area contributed by atoms with Crippen molar-refractivity contribution in [2.75, 3.05) is 0 Å². The van der Waals surface area contributed by atoms with Crippen LogP contribution in [0.25, 0.3) is 0 Å². The van der Waals surface area contributed by atoms with Crippen molar-refractivity contribution in [2.24, 2.45) is 17.8 Å². The Bertz CT molecular complexity index is 435. The minimum Gasteiger partial charge on any atom is -0.392 e. The van der Waals surface area contributed by atoms with E-state index in [4.69, 9.17) is 11.6 Å². The van der Waals surface area contributed by atoms with Crippen LogP contribution in [0.4, 0.5) is 4.39 Å². The van der Waals surface area contributed by atoms with E-state index in [0.29, 0.717) is 17.9 Å². The van der Waals surface area contributed by atoms with Crippen molar-refractivity contribution >= 4 is 11.6 Å². The maximum atomic E-state index is 13.8. The predicted octanol–water partition coefficient (Wildman–Crippen LogP) is 4.45. The fourth-order valence-electron chi connectivity index (χ4n) is 3.04. The standard InChI is InChI=1S/C16H22ClFO/c1-10-6-7-12(8-11(10)2)15(19)9-13-4-3-5-14(17)16(13)18/h3-5,10-12,15,19H,6-9H2,1-2H3. The Morgan fingerprint density at radius 2 is 2.05 bits per heavy atom. The van der Waals surface area contributed by atoms with Crippen molar-refractivity contribution in [1.82, 2.24) is 0 Å². The Morgan fingerprint density at radius 3 is 2.74 bits per heavy atom. The highest BCUT2D eigenvalue weighted by Gasteiger charge is 2.29. The number of hydrogen-bond acceptors (Lipinski definition) is 1. The van der Waals surface area contributed by atoms with Crippen molar-refractivity contribution in [3.8, 4) is 0 Å². The van der Waals surface area contributed by atoms with Gasteiger partial charge in [-0.3, -0.25) is 0 Å². The maximum absolute atomic E-state index is 13.8. The van der Waals surface area contributed by atoms with E-state index in [2.05, 4.69) is 13.8 Å². The van der Waals surface area contributed by atoms with Crippen LogP contribution in [0.2, 0.25) is 5.02 Å². The van der Waals surface area contributed by atoms with Gasteiger partial charge in [-0.25, -0.2) is 4.39 Å². The first-order chi connectivity index (χ1) is 8.99. The van der Waals surface area contributed by atoms with Gasteiger partial charge >= 0.3 is 0 Å². The average molecular weight is 285 g/mol. The molecule has 19 heavy (non-hydrogen) atoms. The summed E-state index contributed by atoms with van der Waals surface area (Å²) >= 11 is 5.77. The summed E-state index contributed by atoms with van der Waals surface area (Å²) in [5.74, 6) is 1.26. The molecule has 106 valence electrons. The second-order valence-corrected chi connectivity index (χ2v) is 6.42. The zero-order chi connectivity index (χ0) is 14.0. The first-order valence-corrected chi connectivity index (χ1v) is 7.47. The van der Waals surface area contributed by atoms with Gasteiger partial charge in [0.2, 0.25) is 0 Å². The molecule has 0 amide bonds. The Kier molecular flexibility index (Phi) is 4.86. The summed E-state index contributed by atoms with van der Waals surface area (Å²) in [6, 6.07) is 4.98. The van der Waals surface area contributed by atoms with E-state index in [9.17, 15) is 9.50 Å². The van der Waals surface area contributed by atoms with Crippen LogP contribution in [-0.2, 0) is 6.42 Å². The molecule has 3 heteroatoms. The molecular weight excluding hydrogens is 263 g/mol. The summed E-state index contributed by atoms with van der Waals surface area (Å²) in [5.41, 5.74) is 0.520. The molecule has 1 aromatic rings. The van der Waals surface area contributed by atoms with E-state index >= 15 is 0 Å². The third-order valence-corrected chi connectivity index (χ3v) is 4.94. The summed E-state index contributed by atoms with van der Waals surface area (Å²) < 4.78 is 13.8. The summed E-state index contributed by atoms with van der Waals surface area (Å²) in [7, 11) is 0. The molecule has 0 spiro atoms. The SMILES string of the molecule is CC1CCC(C(O)Cc2cccc(Cl)c2F)CC1C. The van der Waals surface area contributed by atoms with Crippen molar-refractivity contribution in [1.29, 1.82) is 0 Å². The van der Waals surface area contributed by atoms with E-state index in [1.807, 2.05) is 0 Å². The zero-order valence-corrected chi connectivity index (χ0v) is 12.3. The van der Waals surface area contributed by atoms with Gasteiger partial charge in [-0.2, -0.15) is 0 Å². The summed E-state index contributed by atoms with van der Waals surface area (Å²) in [5, 5.41) is 10.5. The van der Waals surface area contributed by atoms with Crippen LogP contribution in [0.15, 0.2) is 18.2 Å². The number of hydrogen-bond donors (Lipinski definition) is 1. The van der Waals surface area contributed by atoms with Gasteiger partial charge in [-0.15, -0.1) is 0 Å². The minimum absolute atomic E-state index is 0.135. The number of aliphatic hydroxyl groups excluding tert-OH is 1. The van der Waals surface area contributed by atoms with E-state index < -0.39 is 6.10 Å². The van der Waals surface area contributed by atoms with Gasteiger partial charge in [0.15, 0.2) is 0 Å². The Morgan fingerprint density at radius 1 is 1.32 bits per heavy atom. The van der Waals surface area contributed by atoms with Gasteiger partial charge in [0, 0.05) is 6.42 Å². The monoisotopic (exact) mass is 284 g/mol. The third kappa shape index (κ3) is 3.49. The number of benzene rings is 1. The second-order valence-electron chi connectivity index (χ2n) is 6.01. The summed E-state index contributed by atoms with van der Waals surface area (Å²) in [6.07, 6.45) is 3.11. The van der Waals surface area contributed by atoms with Gasteiger partial charge in [-0.1, -0.05) is 44.0 Å². The Hall–Kier alpha value is -0.600. The fraction of sp³-hybridized carbons (Fsp3) is 0.625. The lowest BCUT2D eigenvalue weighted by molar-refractivity contribution is 0.0565. The molecule has 0 bridgehead atoms. The van der Waals surface area contributed by atoms with Gasteiger partial charge < -0.3 is 5.11 Å². The minimum atomic E-state index is -0.470. The Balaban J connectivity index is 2.01. The molecule has 4 atom stereocenters. The molecule has 2 rings (SSSR count). The van der Waals surface area contributed by atoms with Crippen molar-refractivity contribution in [3.63, 3.8) is 0 Å². The molecule has 0 aromatic heterocycles. The van der Waals surface area contributed by atoms with Crippen LogP contribution in [0.3, 0.4) is 0 Å². The predicted molar refractivity (Wildman–Crippen MR) is 76.8 cm³/mol. The highest BCUT2D eigenvalue weighted by atomic mass is 35.5. The summed E-state index contributed by atoms with van der Waals surface area (Å²) in [6.45, 7) is 4.51. The largest absolute Gasteiger partial charge is 0.392 e. The molecule has 0 heterocycles. The number of halogens is 2.